The molecule has 42 heavy (non-hydrogen) atoms. The standard InChI is InChI=1S/C38H45N3O/c1-23-18-24(2)20-30(19-23)33-22-41-27(5)38-32-13-9-8-12-31(32)34-14-10-11-17-40(34)35(38)16-15-25(3)37(28(6)42-29(7)39)36(41)21-26(33)4/h8-14,17,21-24,30,35,38-39H,5-6,15-16,18-20H2,1-4,7H3/q+2/b37-25-,39-29?. The molecule has 4 nitrogen and oxygen atoms in total. The van der Waals surface area contributed by atoms with E-state index < -0.39 is 0 Å². The summed E-state index contributed by atoms with van der Waals surface area (Å²) in [4.78, 5) is 0. The predicted molar refractivity (Wildman–Crippen MR) is 171 cm³/mol. The van der Waals surface area contributed by atoms with Crippen LogP contribution in [0.25, 0.3) is 22.5 Å². The topological polar surface area (TPSA) is 40.8 Å². The van der Waals surface area contributed by atoms with E-state index in [0.717, 1.165) is 41.6 Å². The van der Waals surface area contributed by atoms with Crippen LogP contribution in [0, 0.1) is 24.2 Å². The minimum Gasteiger partial charge on any atom is -0.444 e. The SMILES string of the molecule is C=C(OC(C)=N)/C1=C(\C)CCC2C(C(=C)[n+]3cc(C4CC(C)CC(C)C4)c(C)cc31)c1ccccc1-c1cccc[n+]12. The maximum atomic E-state index is 8.08. The molecule has 1 N–H and O–H groups in total. The van der Waals surface area contributed by atoms with E-state index in [-0.39, 0.29) is 17.9 Å². The largest absolute Gasteiger partial charge is 0.444 e. The van der Waals surface area contributed by atoms with Gasteiger partial charge in [0.1, 0.15) is 11.7 Å². The number of hydrogen-bond acceptors (Lipinski definition) is 2. The molecule has 0 radical (unpaired) electrons. The van der Waals surface area contributed by atoms with Crippen LogP contribution in [0.3, 0.4) is 0 Å². The molecule has 1 saturated carbocycles. The minimum atomic E-state index is 0.107. The van der Waals surface area contributed by atoms with E-state index in [9.17, 15) is 0 Å². The fourth-order valence-corrected chi connectivity index (χ4v) is 8.25. The van der Waals surface area contributed by atoms with E-state index in [0.29, 0.717) is 11.7 Å². The van der Waals surface area contributed by atoms with Crippen LogP contribution in [-0.4, -0.2) is 5.90 Å². The zero-order chi connectivity index (χ0) is 29.7. The van der Waals surface area contributed by atoms with Gasteiger partial charge in [-0.3, -0.25) is 5.41 Å². The summed E-state index contributed by atoms with van der Waals surface area (Å²) in [6.07, 6.45) is 10.3. The van der Waals surface area contributed by atoms with E-state index in [4.69, 9.17) is 16.7 Å². The van der Waals surface area contributed by atoms with Crippen molar-refractivity contribution in [1.29, 1.82) is 5.41 Å². The van der Waals surface area contributed by atoms with Crippen LogP contribution in [0.4, 0.5) is 0 Å². The quantitative estimate of drug-likeness (QED) is 0.148. The van der Waals surface area contributed by atoms with Gasteiger partial charge >= 0.3 is 0 Å². The first-order valence-electron chi connectivity index (χ1n) is 15.6. The highest BCUT2D eigenvalue weighted by Crippen LogP contribution is 2.46. The average Bonchev–Trinajstić information content (AvgIpc) is 2.98. The highest BCUT2D eigenvalue weighted by atomic mass is 16.5. The fourth-order valence-electron chi connectivity index (χ4n) is 8.25. The number of rotatable bonds is 3. The number of nitrogens with one attached hydrogen (secondary N) is 1. The molecule has 0 spiro atoms. The van der Waals surface area contributed by atoms with Gasteiger partial charge in [-0.15, -0.1) is 0 Å². The van der Waals surface area contributed by atoms with E-state index in [2.05, 4.69) is 104 Å². The van der Waals surface area contributed by atoms with E-state index in [1.165, 1.54) is 52.8 Å². The lowest BCUT2D eigenvalue weighted by Crippen LogP contribution is -2.51. The summed E-state index contributed by atoms with van der Waals surface area (Å²) in [6, 6.07) is 18.0. The Bertz CT molecular complexity index is 1620. The van der Waals surface area contributed by atoms with Gasteiger partial charge in [0, 0.05) is 37.1 Å². The molecule has 0 amide bonds. The fraction of sp³-hybridized carbons (Fsp3) is 0.395. The predicted octanol–water partition coefficient (Wildman–Crippen LogP) is 8.68. The van der Waals surface area contributed by atoms with Crippen LogP contribution in [-0.2, 0) is 4.74 Å². The number of nitrogens with zero attached hydrogens (tertiary/aromatic N) is 2. The molecule has 3 aromatic rings. The molecule has 2 aliphatic heterocycles. The second-order valence-electron chi connectivity index (χ2n) is 13.2. The molecule has 2 aromatic heterocycles. The van der Waals surface area contributed by atoms with Crippen molar-refractivity contribution in [2.75, 3.05) is 0 Å². The number of allylic oxidation sites excluding steroid dienone is 3. The third-order valence-corrected chi connectivity index (χ3v) is 9.88. The van der Waals surface area contributed by atoms with Crippen LogP contribution in [0.5, 0.6) is 0 Å². The molecular weight excluding hydrogens is 514 g/mol. The lowest BCUT2D eigenvalue weighted by Gasteiger charge is -2.32. The Morgan fingerprint density at radius 2 is 1.67 bits per heavy atom. The van der Waals surface area contributed by atoms with Crippen LogP contribution in [0.2, 0.25) is 0 Å². The first-order valence-corrected chi connectivity index (χ1v) is 15.6. The number of benzene rings is 1. The summed E-state index contributed by atoms with van der Waals surface area (Å²) in [6.45, 7) is 20.2. The smallest absolute Gasteiger partial charge is 0.222 e. The van der Waals surface area contributed by atoms with E-state index >= 15 is 0 Å². The van der Waals surface area contributed by atoms with Crippen molar-refractivity contribution in [3.05, 3.63) is 108 Å². The van der Waals surface area contributed by atoms with Gasteiger partial charge in [-0.05, 0) is 87.1 Å². The molecule has 0 bridgehead atoms. The molecule has 1 aliphatic carbocycles. The van der Waals surface area contributed by atoms with Crippen molar-refractivity contribution in [2.45, 2.75) is 84.6 Å². The highest BCUT2D eigenvalue weighted by molar-refractivity contribution is 5.81. The van der Waals surface area contributed by atoms with Gasteiger partial charge in [0.25, 0.3) is 0 Å². The van der Waals surface area contributed by atoms with Crippen molar-refractivity contribution in [2.24, 2.45) is 11.8 Å². The van der Waals surface area contributed by atoms with E-state index in [1.807, 2.05) is 0 Å². The summed E-state index contributed by atoms with van der Waals surface area (Å²) in [7, 11) is 0. The summed E-state index contributed by atoms with van der Waals surface area (Å²) < 4.78 is 10.8. The monoisotopic (exact) mass is 559 g/mol. The molecule has 0 saturated heterocycles. The third kappa shape index (κ3) is 4.95. The average molecular weight is 560 g/mol. The van der Waals surface area contributed by atoms with Crippen LogP contribution in [0.1, 0.15) is 100 Å². The Labute approximate surface area is 251 Å². The Morgan fingerprint density at radius 1 is 0.952 bits per heavy atom. The molecule has 1 fully saturated rings. The van der Waals surface area contributed by atoms with Crippen molar-refractivity contribution in [1.82, 2.24) is 0 Å². The minimum absolute atomic E-state index is 0.107. The molecule has 6 rings (SSSR count). The second-order valence-corrected chi connectivity index (χ2v) is 13.2. The summed E-state index contributed by atoms with van der Waals surface area (Å²) in [5.74, 6) is 2.77. The lowest BCUT2D eigenvalue weighted by molar-refractivity contribution is -0.720. The molecule has 1 aromatic carbocycles. The van der Waals surface area contributed by atoms with Crippen molar-refractivity contribution in [3.63, 3.8) is 0 Å². The molecule has 4 unspecified atom stereocenters. The molecule has 4 heterocycles. The molecule has 4 atom stereocenters. The summed E-state index contributed by atoms with van der Waals surface area (Å²) in [5, 5.41) is 8.08. The zero-order valence-electron chi connectivity index (χ0n) is 25.9. The van der Waals surface area contributed by atoms with Crippen molar-refractivity contribution in [3.8, 4) is 11.3 Å². The van der Waals surface area contributed by atoms with Crippen molar-refractivity contribution >= 4 is 17.2 Å². The van der Waals surface area contributed by atoms with Gasteiger partial charge in [0.05, 0.1) is 11.1 Å². The Kier molecular flexibility index (Phi) is 7.51. The lowest BCUT2D eigenvalue weighted by atomic mass is 9.73. The van der Waals surface area contributed by atoms with Crippen LogP contribution >= 0.6 is 0 Å². The molecular formula is C38H45N3O+2. The van der Waals surface area contributed by atoms with E-state index in [1.54, 1.807) is 6.92 Å². The summed E-state index contributed by atoms with van der Waals surface area (Å²) >= 11 is 0. The number of aromatic nitrogens is 2. The number of hydrogen-bond donors (Lipinski definition) is 1. The van der Waals surface area contributed by atoms with Gasteiger partial charge in [-0.1, -0.05) is 44.2 Å². The third-order valence-electron chi connectivity index (χ3n) is 9.88. The number of aryl methyl sites for hydroxylation is 1. The normalized spacial score (nSPS) is 26.9. The molecule has 4 heteroatoms. The number of fused-ring (bicyclic) bond motifs is 7. The zero-order valence-corrected chi connectivity index (χ0v) is 25.9. The van der Waals surface area contributed by atoms with Gasteiger partial charge in [0.2, 0.25) is 11.4 Å². The van der Waals surface area contributed by atoms with Gasteiger partial charge in [-0.25, -0.2) is 0 Å². The van der Waals surface area contributed by atoms with Gasteiger partial charge in [-0.2, -0.15) is 9.13 Å². The second kappa shape index (κ2) is 11.1. The maximum Gasteiger partial charge on any atom is 0.222 e. The number of pyridine rings is 2. The maximum absolute atomic E-state index is 8.08. The molecule has 3 aliphatic rings. The highest BCUT2D eigenvalue weighted by Gasteiger charge is 2.46. The van der Waals surface area contributed by atoms with Gasteiger partial charge < -0.3 is 4.74 Å². The summed E-state index contributed by atoms with van der Waals surface area (Å²) in [5.41, 5.74) is 11.0. The first kappa shape index (κ1) is 28.3. The Hall–Kier alpha value is -3.79. The van der Waals surface area contributed by atoms with Gasteiger partial charge in [0.15, 0.2) is 30.0 Å². The van der Waals surface area contributed by atoms with Crippen molar-refractivity contribution < 1.29 is 13.9 Å². The van der Waals surface area contributed by atoms with Crippen LogP contribution in [0.15, 0.2) is 85.4 Å². The molecule has 216 valence electrons. The van der Waals surface area contributed by atoms with Crippen LogP contribution < -0.4 is 9.13 Å². The Morgan fingerprint density at radius 3 is 2.40 bits per heavy atom. The first-order chi connectivity index (χ1) is 20.1. The Balaban J connectivity index is 1.60. The number of ether oxygens (including phenoxy) is 1.